The summed E-state index contributed by atoms with van der Waals surface area (Å²) in [7, 11) is 8.48. The van der Waals surface area contributed by atoms with Crippen LogP contribution in [-0.2, 0) is 0 Å². The van der Waals surface area contributed by atoms with E-state index in [1.165, 1.54) is 13.0 Å². The van der Waals surface area contributed by atoms with Crippen LogP contribution in [-0.4, -0.2) is 50.6 Å². The maximum atomic E-state index is 2.25. The largest absolute Gasteiger partial charge is 0.309 e. The van der Waals surface area contributed by atoms with E-state index in [0.29, 0.717) is 6.04 Å². The van der Waals surface area contributed by atoms with E-state index in [1.54, 1.807) is 0 Å². The Kier molecular flexibility index (Phi) is 10.8. The van der Waals surface area contributed by atoms with Crippen LogP contribution in [0.5, 0.6) is 0 Å². The standard InChI is InChI=1S/C8H20N2.C2H6/c1-8(10(4)5)6-7-9(2)3;1-2/h8H,6-7H2,1-5H3;1-2H3. The molecule has 0 aromatic carbocycles. The minimum absolute atomic E-state index is 0.697. The Morgan fingerprint density at radius 1 is 1.00 bits per heavy atom. The molecule has 1 unspecified atom stereocenters. The van der Waals surface area contributed by atoms with Crippen molar-refractivity contribution in [1.29, 1.82) is 0 Å². The van der Waals surface area contributed by atoms with Gasteiger partial charge in [-0.3, -0.25) is 0 Å². The predicted octanol–water partition coefficient (Wildman–Crippen LogP) is 1.91. The van der Waals surface area contributed by atoms with Crippen molar-refractivity contribution in [1.82, 2.24) is 9.80 Å². The molecule has 0 N–H and O–H groups in total. The first-order chi connectivity index (χ1) is 5.54. The van der Waals surface area contributed by atoms with Crippen LogP contribution >= 0.6 is 0 Å². The third-order valence-electron chi connectivity index (χ3n) is 1.88. The highest BCUT2D eigenvalue weighted by Gasteiger charge is 2.03. The van der Waals surface area contributed by atoms with E-state index in [4.69, 9.17) is 0 Å². The Hall–Kier alpha value is -0.0800. The topological polar surface area (TPSA) is 6.48 Å². The van der Waals surface area contributed by atoms with E-state index >= 15 is 0 Å². The summed E-state index contributed by atoms with van der Waals surface area (Å²) >= 11 is 0. The van der Waals surface area contributed by atoms with Crippen molar-refractivity contribution >= 4 is 0 Å². The van der Waals surface area contributed by atoms with Crippen LogP contribution in [0.4, 0.5) is 0 Å². The lowest BCUT2D eigenvalue weighted by atomic mass is 10.2. The summed E-state index contributed by atoms with van der Waals surface area (Å²) in [6.45, 7) is 7.43. The number of rotatable bonds is 4. The van der Waals surface area contributed by atoms with Crippen LogP contribution < -0.4 is 0 Å². The van der Waals surface area contributed by atoms with Crippen LogP contribution in [0.15, 0.2) is 0 Å². The average Bonchev–Trinajstić information content (AvgIpc) is 2.03. The molecule has 0 aliphatic heterocycles. The van der Waals surface area contributed by atoms with Crippen LogP contribution in [0.25, 0.3) is 0 Å². The summed E-state index contributed by atoms with van der Waals surface area (Å²) in [5, 5.41) is 0. The first-order valence-electron chi connectivity index (χ1n) is 4.85. The Labute approximate surface area is 78.5 Å². The van der Waals surface area contributed by atoms with Crippen molar-refractivity contribution in [2.75, 3.05) is 34.7 Å². The molecule has 2 heteroatoms. The summed E-state index contributed by atoms with van der Waals surface area (Å²) in [6, 6.07) is 0.697. The fourth-order valence-electron chi connectivity index (χ4n) is 0.703. The van der Waals surface area contributed by atoms with E-state index < -0.39 is 0 Å². The quantitative estimate of drug-likeness (QED) is 0.642. The average molecular weight is 174 g/mol. The van der Waals surface area contributed by atoms with Crippen LogP contribution in [0.3, 0.4) is 0 Å². The molecule has 0 amide bonds. The highest BCUT2D eigenvalue weighted by Crippen LogP contribution is 1.97. The Balaban J connectivity index is 0. The van der Waals surface area contributed by atoms with Gasteiger partial charge in [0.1, 0.15) is 0 Å². The van der Waals surface area contributed by atoms with E-state index in [9.17, 15) is 0 Å². The van der Waals surface area contributed by atoms with Gasteiger partial charge in [-0.25, -0.2) is 0 Å². The summed E-state index contributed by atoms with van der Waals surface area (Å²) < 4.78 is 0. The fourth-order valence-corrected chi connectivity index (χ4v) is 0.703. The number of hydrogen-bond donors (Lipinski definition) is 0. The fraction of sp³-hybridized carbons (Fsp3) is 1.00. The molecule has 0 saturated heterocycles. The summed E-state index contributed by atoms with van der Waals surface area (Å²) in [4.78, 5) is 4.48. The van der Waals surface area contributed by atoms with Gasteiger partial charge in [0.2, 0.25) is 0 Å². The molecule has 1 atom stereocenters. The van der Waals surface area contributed by atoms with Gasteiger partial charge in [-0.15, -0.1) is 0 Å². The molecule has 0 spiro atoms. The summed E-state index contributed by atoms with van der Waals surface area (Å²) in [5.74, 6) is 0. The molecular formula is C10H26N2. The molecule has 0 bridgehead atoms. The molecule has 0 aliphatic rings. The molecule has 2 nitrogen and oxygen atoms in total. The number of hydrogen-bond acceptors (Lipinski definition) is 2. The van der Waals surface area contributed by atoms with Crippen molar-refractivity contribution in [3.05, 3.63) is 0 Å². The smallest absolute Gasteiger partial charge is 0.00730 e. The molecular weight excluding hydrogens is 148 g/mol. The van der Waals surface area contributed by atoms with Gasteiger partial charge >= 0.3 is 0 Å². The first kappa shape index (κ1) is 14.4. The zero-order valence-corrected chi connectivity index (χ0v) is 9.89. The van der Waals surface area contributed by atoms with Gasteiger partial charge in [-0.1, -0.05) is 13.8 Å². The predicted molar refractivity (Wildman–Crippen MR) is 57.7 cm³/mol. The number of nitrogens with zero attached hydrogens (tertiary/aromatic N) is 2. The summed E-state index contributed by atoms with van der Waals surface area (Å²) in [5.41, 5.74) is 0. The van der Waals surface area contributed by atoms with Gasteiger partial charge in [-0.2, -0.15) is 0 Å². The molecule has 12 heavy (non-hydrogen) atoms. The van der Waals surface area contributed by atoms with E-state index in [2.05, 4.69) is 44.9 Å². The van der Waals surface area contributed by atoms with Gasteiger partial charge in [0, 0.05) is 6.04 Å². The van der Waals surface area contributed by atoms with Crippen molar-refractivity contribution in [2.45, 2.75) is 33.2 Å². The lowest BCUT2D eigenvalue weighted by Crippen LogP contribution is -2.28. The second-order valence-electron chi connectivity index (χ2n) is 3.40. The van der Waals surface area contributed by atoms with Crippen LogP contribution in [0.2, 0.25) is 0 Å². The van der Waals surface area contributed by atoms with Crippen molar-refractivity contribution in [2.24, 2.45) is 0 Å². The zero-order valence-electron chi connectivity index (χ0n) is 9.89. The highest BCUT2D eigenvalue weighted by atomic mass is 15.1. The van der Waals surface area contributed by atoms with Gasteiger partial charge in [0.25, 0.3) is 0 Å². The van der Waals surface area contributed by atoms with Crippen molar-refractivity contribution in [3.63, 3.8) is 0 Å². The van der Waals surface area contributed by atoms with E-state index in [-0.39, 0.29) is 0 Å². The lowest BCUT2D eigenvalue weighted by Gasteiger charge is -2.21. The SMILES string of the molecule is CC.CC(CCN(C)C)N(C)C. The highest BCUT2D eigenvalue weighted by molar-refractivity contribution is 4.60. The molecule has 0 heterocycles. The zero-order chi connectivity index (χ0) is 10.1. The third kappa shape index (κ3) is 9.92. The second-order valence-corrected chi connectivity index (χ2v) is 3.40. The Morgan fingerprint density at radius 2 is 1.42 bits per heavy atom. The van der Waals surface area contributed by atoms with Crippen molar-refractivity contribution in [3.8, 4) is 0 Å². The monoisotopic (exact) mass is 174 g/mol. The van der Waals surface area contributed by atoms with Crippen LogP contribution in [0.1, 0.15) is 27.2 Å². The maximum absolute atomic E-state index is 2.25. The molecule has 0 aromatic heterocycles. The maximum Gasteiger partial charge on any atom is 0.00730 e. The minimum Gasteiger partial charge on any atom is -0.309 e. The van der Waals surface area contributed by atoms with Crippen LogP contribution in [0, 0.1) is 0 Å². The van der Waals surface area contributed by atoms with Crippen molar-refractivity contribution < 1.29 is 0 Å². The Morgan fingerprint density at radius 3 is 1.67 bits per heavy atom. The molecule has 0 fully saturated rings. The van der Waals surface area contributed by atoms with Gasteiger partial charge in [0.15, 0.2) is 0 Å². The normalized spacial score (nSPS) is 12.8. The third-order valence-corrected chi connectivity index (χ3v) is 1.88. The Bertz CT molecular complexity index is 79.9. The molecule has 0 aromatic rings. The molecule has 0 radical (unpaired) electrons. The summed E-state index contributed by atoms with van der Waals surface area (Å²) in [6.07, 6.45) is 1.25. The molecule has 76 valence electrons. The van der Waals surface area contributed by atoms with Gasteiger partial charge in [-0.05, 0) is 48.1 Å². The van der Waals surface area contributed by atoms with Gasteiger partial charge < -0.3 is 9.80 Å². The molecule has 0 saturated carbocycles. The molecule has 0 aliphatic carbocycles. The molecule has 0 rings (SSSR count). The van der Waals surface area contributed by atoms with Gasteiger partial charge in [0.05, 0.1) is 0 Å². The van der Waals surface area contributed by atoms with E-state index in [1.807, 2.05) is 13.8 Å². The second kappa shape index (κ2) is 9.01. The lowest BCUT2D eigenvalue weighted by molar-refractivity contribution is 0.267. The first-order valence-corrected chi connectivity index (χ1v) is 4.85. The minimum atomic E-state index is 0.697. The van der Waals surface area contributed by atoms with E-state index in [0.717, 1.165) is 0 Å².